The Balaban J connectivity index is 2.01. The van der Waals surface area contributed by atoms with Crippen LogP contribution in [0.15, 0.2) is 53.3 Å². The van der Waals surface area contributed by atoms with Gasteiger partial charge in [-0.15, -0.1) is 0 Å². The molecule has 0 amide bonds. The highest BCUT2D eigenvalue weighted by atomic mass is 35.5. The van der Waals surface area contributed by atoms with Crippen molar-refractivity contribution in [1.82, 2.24) is 9.97 Å². The fourth-order valence-electron chi connectivity index (χ4n) is 2.36. The molecule has 3 rings (SSSR count). The molecule has 3 aromatic rings. The van der Waals surface area contributed by atoms with Crippen LogP contribution in [0, 0.1) is 0 Å². The standard InChI is InChI=1S/C18H16ClN3O3/c1-24-15-9-14(16(25-2)8-12(15)19)21-18-20-13(10-17(23)22-18)11-6-4-3-5-7-11/h3-10H,1-2H3,(H2,20,21,22,23). The van der Waals surface area contributed by atoms with Gasteiger partial charge in [0.25, 0.3) is 5.56 Å². The molecule has 0 saturated heterocycles. The molecule has 0 fully saturated rings. The van der Waals surface area contributed by atoms with E-state index in [1.54, 1.807) is 12.1 Å². The first-order chi connectivity index (χ1) is 12.1. The number of nitrogens with one attached hydrogen (secondary N) is 2. The van der Waals surface area contributed by atoms with Gasteiger partial charge in [-0.3, -0.25) is 9.78 Å². The van der Waals surface area contributed by atoms with Crippen LogP contribution in [0.1, 0.15) is 0 Å². The SMILES string of the molecule is COc1cc(Nc2nc(-c3ccccc3)cc(=O)[nH]2)c(OC)cc1Cl. The van der Waals surface area contributed by atoms with Crippen LogP contribution >= 0.6 is 11.6 Å². The van der Waals surface area contributed by atoms with E-state index in [4.69, 9.17) is 21.1 Å². The van der Waals surface area contributed by atoms with E-state index in [9.17, 15) is 4.79 Å². The van der Waals surface area contributed by atoms with Crippen molar-refractivity contribution >= 4 is 23.2 Å². The van der Waals surface area contributed by atoms with Crippen molar-refractivity contribution in [2.75, 3.05) is 19.5 Å². The Kier molecular flexibility index (Phi) is 4.90. The van der Waals surface area contributed by atoms with E-state index in [-0.39, 0.29) is 11.5 Å². The van der Waals surface area contributed by atoms with Gasteiger partial charge in [0.1, 0.15) is 11.5 Å². The number of rotatable bonds is 5. The minimum absolute atomic E-state index is 0.267. The maximum absolute atomic E-state index is 12.0. The number of H-pyrrole nitrogens is 1. The van der Waals surface area contributed by atoms with Crippen LogP contribution in [0.2, 0.25) is 5.02 Å². The van der Waals surface area contributed by atoms with Gasteiger partial charge in [0.15, 0.2) is 0 Å². The Morgan fingerprint density at radius 1 is 1.04 bits per heavy atom. The monoisotopic (exact) mass is 357 g/mol. The minimum Gasteiger partial charge on any atom is -0.495 e. The maximum Gasteiger partial charge on any atom is 0.252 e. The number of anilines is 2. The zero-order chi connectivity index (χ0) is 17.8. The molecular weight excluding hydrogens is 342 g/mol. The molecule has 0 radical (unpaired) electrons. The number of hydrogen-bond donors (Lipinski definition) is 2. The van der Waals surface area contributed by atoms with E-state index in [1.165, 1.54) is 20.3 Å². The Hall–Kier alpha value is -2.99. The van der Waals surface area contributed by atoms with Crippen LogP contribution in [0.3, 0.4) is 0 Å². The van der Waals surface area contributed by atoms with Gasteiger partial charge in [-0.2, -0.15) is 0 Å². The quantitative estimate of drug-likeness (QED) is 0.725. The maximum atomic E-state index is 12.0. The molecule has 25 heavy (non-hydrogen) atoms. The van der Waals surface area contributed by atoms with Crippen molar-refractivity contribution in [2.24, 2.45) is 0 Å². The van der Waals surface area contributed by atoms with Crippen LogP contribution in [0.25, 0.3) is 11.3 Å². The van der Waals surface area contributed by atoms with Crippen LogP contribution in [0.5, 0.6) is 11.5 Å². The Morgan fingerprint density at radius 3 is 2.44 bits per heavy atom. The highest BCUT2D eigenvalue weighted by Crippen LogP contribution is 2.36. The summed E-state index contributed by atoms with van der Waals surface area (Å²) in [4.78, 5) is 19.1. The Labute approximate surface area is 149 Å². The minimum atomic E-state index is -0.267. The topological polar surface area (TPSA) is 76.2 Å². The molecule has 6 nitrogen and oxygen atoms in total. The van der Waals surface area contributed by atoms with E-state index < -0.39 is 0 Å². The summed E-state index contributed by atoms with van der Waals surface area (Å²) in [5, 5.41) is 3.47. The molecule has 0 aliphatic carbocycles. The average Bonchev–Trinajstić information content (AvgIpc) is 2.63. The predicted octanol–water partition coefficient (Wildman–Crippen LogP) is 3.85. The Morgan fingerprint density at radius 2 is 1.76 bits per heavy atom. The van der Waals surface area contributed by atoms with Gasteiger partial charge in [0.05, 0.1) is 30.6 Å². The third-order valence-corrected chi connectivity index (χ3v) is 3.83. The summed E-state index contributed by atoms with van der Waals surface area (Å²) in [6.45, 7) is 0. The highest BCUT2D eigenvalue weighted by molar-refractivity contribution is 6.32. The molecule has 0 aliphatic rings. The van der Waals surface area contributed by atoms with Crippen molar-refractivity contribution in [1.29, 1.82) is 0 Å². The molecule has 1 aromatic heterocycles. The van der Waals surface area contributed by atoms with Gasteiger partial charge in [-0.05, 0) is 0 Å². The smallest absolute Gasteiger partial charge is 0.252 e. The highest BCUT2D eigenvalue weighted by Gasteiger charge is 2.12. The summed E-state index contributed by atoms with van der Waals surface area (Å²) in [5.41, 5.74) is 1.71. The average molecular weight is 358 g/mol. The van der Waals surface area contributed by atoms with Crippen LogP contribution < -0.4 is 20.3 Å². The van der Waals surface area contributed by atoms with Gasteiger partial charge in [0, 0.05) is 23.8 Å². The summed E-state index contributed by atoms with van der Waals surface area (Å²) in [7, 11) is 3.05. The second-order valence-corrected chi connectivity index (χ2v) is 5.56. The molecule has 128 valence electrons. The van der Waals surface area contributed by atoms with Crippen molar-refractivity contribution in [3.05, 3.63) is 63.9 Å². The number of aromatic nitrogens is 2. The lowest BCUT2D eigenvalue weighted by molar-refractivity contribution is 0.405. The normalized spacial score (nSPS) is 10.4. The second kappa shape index (κ2) is 7.27. The van der Waals surface area contributed by atoms with Gasteiger partial charge < -0.3 is 14.8 Å². The van der Waals surface area contributed by atoms with E-state index in [0.29, 0.717) is 27.9 Å². The number of halogens is 1. The van der Waals surface area contributed by atoms with Gasteiger partial charge in [-0.25, -0.2) is 4.98 Å². The zero-order valence-electron chi connectivity index (χ0n) is 13.7. The first-order valence-electron chi connectivity index (χ1n) is 7.46. The largest absolute Gasteiger partial charge is 0.495 e. The zero-order valence-corrected chi connectivity index (χ0v) is 14.4. The molecule has 0 unspecified atom stereocenters. The summed E-state index contributed by atoms with van der Waals surface area (Å²) >= 11 is 6.11. The molecule has 0 spiro atoms. The van der Waals surface area contributed by atoms with Crippen LogP contribution in [0.4, 0.5) is 11.6 Å². The van der Waals surface area contributed by atoms with Gasteiger partial charge >= 0.3 is 0 Å². The van der Waals surface area contributed by atoms with Gasteiger partial charge in [0.2, 0.25) is 5.95 Å². The molecular formula is C18H16ClN3O3. The third-order valence-electron chi connectivity index (χ3n) is 3.54. The van der Waals surface area contributed by atoms with Crippen molar-refractivity contribution in [3.8, 4) is 22.8 Å². The lowest BCUT2D eigenvalue weighted by atomic mass is 10.1. The summed E-state index contributed by atoms with van der Waals surface area (Å²) < 4.78 is 10.5. The first-order valence-corrected chi connectivity index (χ1v) is 7.84. The second-order valence-electron chi connectivity index (χ2n) is 5.16. The summed E-state index contributed by atoms with van der Waals surface area (Å²) in [5.74, 6) is 1.26. The fraction of sp³-hybridized carbons (Fsp3) is 0.111. The number of hydrogen-bond acceptors (Lipinski definition) is 5. The van der Waals surface area contributed by atoms with E-state index in [0.717, 1.165) is 5.56 Å². The first kappa shape index (κ1) is 16.9. The summed E-state index contributed by atoms with van der Waals surface area (Å²) in [6, 6.07) is 14.2. The number of methoxy groups -OCH3 is 2. The van der Waals surface area contributed by atoms with Crippen molar-refractivity contribution < 1.29 is 9.47 Å². The Bertz CT molecular complexity index is 942. The molecule has 1 heterocycles. The molecule has 0 atom stereocenters. The molecule has 2 N–H and O–H groups in total. The molecule has 0 bridgehead atoms. The van der Waals surface area contributed by atoms with Crippen LogP contribution in [-0.4, -0.2) is 24.2 Å². The fourth-order valence-corrected chi connectivity index (χ4v) is 2.59. The molecule has 2 aromatic carbocycles. The molecule has 0 saturated carbocycles. The predicted molar refractivity (Wildman–Crippen MR) is 98.1 cm³/mol. The lowest BCUT2D eigenvalue weighted by Crippen LogP contribution is -2.11. The van der Waals surface area contributed by atoms with Crippen molar-refractivity contribution in [2.45, 2.75) is 0 Å². The number of ether oxygens (including phenoxy) is 2. The van der Waals surface area contributed by atoms with Crippen molar-refractivity contribution in [3.63, 3.8) is 0 Å². The number of aromatic amines is 1. The molecule has 0 aliphatic heterocycles. The van der Waals surface area contributed by atoms with E-state index in [2.05, 4.69) is 15.3 Å². The van der Waals surface area contributed by atoms with Gasteiger partial charge in [-0.1, -0.05) is 41.9 Å². The van der Waals surface area contributed by atoms with E-state index in [1.807, 2.05) is 30.3 Å². The lowest BCUT2D eigenvalue weighted by Gasteiger charge is -2.13. The third kappa shape index (κ3) is 3.75. The number of nitrogens with zero attached hydrogens (tertiary/aromatic N) is 1. The number of benzene rings is 2. The van der Waals surface area contributed by atoms with Crippen LogP contribution in [-0.2, 0) is 0 Å². The van der Waals surface area contributed by atoms with E-state index >= 15 is 0 Å². The molecule has 7 heteroatoms. The summed E-state index contributed by atoms with van der Waals surface area (Å²) in [6.07, 6.45) is 0.